The molecular weight excluding hydrogens is 290 g/mol. The molecule has 23 heavy (non-hydrogen) atoms. The minimum absolute atomic E-state index is 0.0622. The van der Waals surface area contributed by atoms with E-state index in [-0.39, 0.29) is 23.5 Å². The van der Waals surface area contributed by atoms with Crippen molar-refractivity contribution in [3.8, 4) is 0 Å². The van der Waals surface area contributed by atoms with Crippen LogP contribution in [0.5, 0.6) is 0 Å². The number of aromatic nitrogens is 2. The quantitative estimate of drug-likeness (QED) is 0.930. The van der Waals surface area contributed by atoms with Crippen LogP contribution in [0.4, 0.5) is 0 Å². The molecule has 0 radical (unpaired) electrons. The summed E-state index contributed by atoms with van der Waals surface area (Å²) < 4.78 is 1.73. The molecule has 1 aliphatic carbocycles. The average Bonchev–Trinajstić information content (AvgIpc) is 2.96. The highest BCUT2D eigenvalue weighted by molar-refractivity contribution is 5.93. The first-order valence-corrected chi connectivity index (χ1v) is 8.82. The Bertz CT molecular complexity index is 595. The maximum absolute atomic E-state index is 13.0. The van der Waals surface area contributed by atoms with Crippen LogP contribution in [0.2, 0.25) is 0 Å². The Morgan fingerprint density at radius 2 is 2.22 bits per heavy atom. The van der Waals surface area contributed by atoms with E-state index in [1.54, 1.807) is 4.68 Å². The van der Waals surface area contributed by atoms with Gasteiger partial charge in [-0.3, -0.25) is 9.48 Å². The molecule has 0 bridgehead atoms. The molecule has 128 valence electrons. The van der Waals surface area contributed by atoms with Crippen molar-refractivity contribution >= 4 is 5.91 Å². The highest BCUT2D eigenvalue weighted by Gasteiger charge is 2.49. The number of aliphatic hydroxyl groups excluding tert-OH is 1. The van der Waals surface area contributed by atoms with Gasteiger partial charge in [0.25, 0.3) is 5.91 Å². The number of hydrogen-bond donors (Lipinski definition) is 1. The number of nitrogens with zero attached hydrogens (tertiary/aromatic N) is 3. The molecule has 1 N–H and O–H groups in total. The van der Waals surface area contributed by atoms with Gasteiger partial charge in [0.05, 0.1) is 11.8 Å². The van der Waals surface area contributed by atoms with Crippen LogP contribution in [0, 0.1) is 11.3 Å². The number of aryl methyl sites for hydroxylation is 1. The minimum Gasteiger partial charge on any atom is -0.393 e. The van der Waals surface area contributed by atoms with Crippen molar-refractivity contribution in [1.29, 1.82) is 0 Å². The number of carbonyl (C=O) groups is 1. The van der Waals surface area contributed by atoms with Crippen LogP contribution in [-0.4, -0.2) is 44.4 Å². The largest absolute Gasteiger partial charge is 0.393 e. The zero-order chi connectivity index (χ0) is 16.8. The van der Waals surface area contributed by atoms with Crippen molar-refractivity contribution in [3.63, 3.8) is 0 Å². The van der Waals surface area contributed by atoms with Gasteiger partial charge in [-0.1, -0.05) is 20.8 Å². The van der Waals surface area contributed by atoms with Crippen LogP contribution in [-0.2, 0) is 13.5 Å². The number of amides is 1. The van der Waals surface area contributed by atoms with Crippen LogP contribution < -0.4 is 0 Å². The van der Waals surface area contributed by atoms with Gasteiger partial charge in [-0.25, -0.2) is 0 Å². The fourth-order valence-corrected chi connectivity index (χ4v) is 4.44. The number of hydrogen-bond acceptors (Lipinski definition) is 3. The van der Waals surface area contributed by atoms with Gasteiger partial charge >= 0.3 is 0 Å². The molecule has 2 fully saturated rings. The second kappa shape index (κ2) is 5.93. The second-order valence-corrected chi connectivity index (χ2v) is 8.10. The molecule has 1 aliphatic heterocycles. The molecule has 0 spiro atoms. The van der Waals surface area contributed by atoms with E-state index in [1.165, 1.54) is 0 Å². The van der Waals surface area contributed by atoms with Gasteiger partial charge in [-0.05, 0) is 49.5 Å². The first-order chi connectivity index (χ1) is 10.8. The third-order valence-corrected chi connectivity index (χ3v) is 5.61. The van der Waals surface area contributed by atoms with Crippen LogP contribution >= 0.6 is 0 Å². The number of carbonyl (C=O) groups excluding carboxylic acids is 1. The fraction of sp³-hybridized carbons (Fsp3) is 0.778. The van der Waals surface area contributed by atoms with E-state index >= 15 is 0 Å². The summed E-state index contributed by atoms with van der Waals surface area (Å²) in [4.78, 5) is 15.1. The van der Waals surface area contributed by atoms with Crippen molar-refractivity contribution in [3.05, 3.63) is 17.5 Å². The Balaban J connectivity index is 1.80. The second-order valence-electron chi connectivity index (χ2n) is 8.10. The zero-order valence-electron chi connectivity index (χ0n) is 14.7. The van der Waals surface area contributed by atoms with E-state index in [0.29, 0.717) is 11.6 Å². The molecule has 5 nitrogen and oxygen atoms in total. The Kier molecular flexibility index (Phi) is 4.25. The monoisotopic (exact) mass is 319 g/mol. The Hall–Kier alpha value is -1.36. The Morgan fingerprint density at radius 3 is 2.91 bits per heavy atom. The van der Waals surface area contributed by atoms with Gasteiger partial charge in [0.1, 0.15) is 5.69 Å². The number of likely N-dealkylation sites (tertiary alicyclic amines) is 1. The molecule has 2 heterocycles. The molecule has 3 atom stereocenters. The lowest BCUT2D eigenvalue weighted by Gasteiger charge is -2.41. The van der Waals surface area contributed by atoms with Gasteiger partial charge in [-0.2, -0.15) is 5.10 Å². The van der Waals surface area contributed by atoms with E-state index in [2.05, 4.69) is 25.9 Å². The van der Waals surface area contributed by atoms with E-state index in [1.807, 2.05) is 18.0 Å². The van der Waals surface area contributed by atoms with Crippen LogP contribution in [0.25, 0.3) is 0 Å². The first kappa shape index (κ1) is 16.5. The summed E-state index contributed by atoms with van der Waals surface area (Å²) in [6.45, 7) is 7.34. The molecular formula is C18H29N3O2. The van der Waals surface area contributed by atoms with Crippen molar-refractivity contribution in [2.75, 3.05) is 6.54 Å². The lowest BCUT2D eigenvalue weighted by Crippen LogP contribution is -2.46. The Labute approximate surface area is 138 Å². The molecule has 1 saturated heterocycles. The molecule has 5 heteroatoms. The highest BCUT2D eigenvalue weighted by Crippen LogP contribution is 2.46. The maximum atomic E-state index is 13.0. The summed E-state index contributed by atoms with van der Waals surface area (Å²) in [6.07, 6.45) is 4.19. The lowest BCUT2D eigenvalue weighted by atomic mass is 9.71. The van der Waals surface area contributed by atoms with Crippen molar-refractivity contribution in [2.45, 2.75) is 65.0 Å². The number of fused-ring (bicyclic) bond motifs is 1. The molecule has 2 aliphatic rings. The van der Waals surface area contributed by atoms with Gasteiger partial charge in [-0.15, -0.1) is 0 Å². The summed E-state index contributed by atoms with van der Waals surface area (Å²) in [5.74, 6) is 0.628. The normalized spacial score (nSPS) is 30.8. The smallest absolute Gasteiger partial charge is 0.272 e. The summed E-state index contributed by atoms with van der Waals surface area (Å²) in [6, 6.07) is 2.21. The van der Waals surface area contributed by atoms with E-state index in [9.17, 15) is 9.90 Å². The minimum atomic E-state index is -0.208. The third-order valence-electron chi connectivity index (χ3n) is 5.61. The third kappa shape index (κ3) is 3.03. The van der Waals surface area contributed by atoms with Gasteiger partial charge in [0.15, 0.2) is 0 Å². The SMILES string of the molecule is CC(C)Cc1cc(C(=O)N2CC[C@@]3(C)C[C@H](O)CC[C@@H]23)n(C)n1. The average molecular weight is 319 g/mol. The van der Waals surface area contributed by atoms with Crippen LogP contribution in [0.3, 0.4) is 0 Å². The highest BCUT2D eigenvalue weighted by atomic mass is 16.3. The predicted molar refractivity (Wildman–Crippen MR) is 89.2 cm³/mol. The van der Waals surface area contributed by atoms with Crippen LogP contribution in [0.1, 0.15) is 62.6 Å². The van der Waals surface area contributed by atoms with Crippen molar-refractivity contribution < 1.29 is 9.90 Å². The molecule has 1 saturated carbocycles. The number of rotatable bonds is 3. The molecule has 1 amide bonds. The molecule has 0 aromatic carbocycles. The van der Waals surface area contributed by atoms with Gasteiger partial charge in [0.2, 0.25) is 0 Å². The molecule has 1 aromatic rings. The lowest BCUT2D eigenvalue weighted by molar-refractivity contribution is 0.0207. The van der Waals surface area contributed by atoms with E-state index in [4.69, 9.17) is 0 Å². The fourth-order valence-electron chi connectivity index (χ4n) is 4.44. The zero-order valence-corrected chi connectivity index (χ0v) is 14.7. The summed E-state index contributed by atoms with van der Waals surface area (Å²) in [5.41, 5.74) is 1.75. The molecule has 0 unspecified atom stereocenters. The number of aliphatic hydroxyl groups is 1. The van der Waals surface area contributed by atoms with E-state index in [0.717, 1.165) is 44.3 Å². The predicted octanol–water partition coefficient (Wildman–Crippen LogP) is 2.38. The summed E-state index contributed by atoms with van der Waals surface area (Å²) in [5, 5.41) is 14.5. The van der Waals surface area contributed by atoms with Gasteiger partial charge < -0.3 is 10.0 Å². The van der Waals surface area contributed by atoms with Gasteiger partial charge in [0, 0.05) is 19.6 Å². The maximum Gasteiger partial charge on any atom is 0.272 e. The van der Waals surface area contributed by atoms with Crippen LogP contribution in [0.15, 0.2) is 6.07 Å². The summed E-state index contributed by atoms with van der Waals surface area (Å²) >= 11 is 0. The Morgan fingerprint density at radius 1 is 1.48 bits per heavy atom. The van der Waals surface area contributed by atoms with E-state index < -0.39 is 0 Å². The first-order valence-electron chi connectivity index (χ1n) is 8.82. The molecule has 1 aromatic heterocycles. The van der Waals surface area contributed by atoms with Crippen molar-refractivity contribution in [2.24, 2.45) is 18.4 Å². The summed E-state index contributed by atoms with van der Waals surface area (Å²) in [7, 11) is 1.86. The standard InChI is InChI=1S/C18H29N3O2/c1-12(2)9-13-10-15(20(4)19-13)17(23)21-8-7-18(3)11-14(22)5-6-16(18)21/h10,12,14,16,22H,5-9,11H2,1-4H3/t14-,16-,18+/m1/s1. The van der Waals surface area contributed by atoms with Crippen molar-refractivity contribution in [1.82, 2.24) is 14.7 Å². The molecule has 3 rings (SSSR count). The topological polar surface area (TPSA) is 58.4 Å².